The van der Waals surface area contributed by atoms with Gasteiger partial charge in [0.05, 0.1) is 23.4 Å². The minimum absolute atomic E-state index is 0.0617. The molecule has 2 rings (SSSR count). The highest BCUT2D eigenvalue weighted by molar-refractivity contribution is 5.58. The summed E-state index contributed by atoms with van der Waals surface area (Å²) in [6.07, 6.45) is 0.0617. The van der Waals surface area contributed by atoms with Crippen LogP contribution in [0.3, 0.4) is 0 Å². The van der Waals surface area contributed by atoms with Crippen molar-refractivity contribution in [3.05, 3.63) is 29.6 Å². The van der Waals surface area contributed by atoms with Gasteiger partial charge in [0.1, 0.15) is 11.9 Å². The smallest absolute Gasteiger partial charge is 0.124 e. The van der Waals surface area contributed by atoms with Crippen LogP contribution in [-0.4, -0.2) is 32.3 Å². The number of anilines is 1. The minimum atomic E-state index is -0.403. The van der Waals surface area contributed by atoms with E-state index in [4.69, 9.17) is 10.00 Å². The number of nitrogens with one attached hydrogen (secondary N) is 2. The van der Waals surface area contributed by atoms with E-state index in [9.17, 15) is 4.39 Å². The van der Waals surface area contributed by atoms with Gasteiger partial charge in [-0.2, -0.15) is 5.26 Å². The van der Waals surface area contributed by atoms with Crippen LogP contribution in [-0.2, 0) is 4.74 Å². The fourth-order valence-corrected chi connectivity index (χ4v) is 1.98. The number of hydrogen-bond acceptors (Lipinski definition) is 4. The zero-order valence-corrected chi connectivity index (χ0v) is 9.53. The van der Waals surface area contributed by atoms with Crippen LogP contribution in [0.1, 0.15) is 5.56 Å². The number of nitrogens with zero attached hydrogens (tertiary/aromatic N) is 1. The van der Waals surface area contributed by atoms with Gasteiger partial charge in [-0.1, -0.05) is 0 Å². The second kappa shape index (κ2) is 5.13. The van der Waals surface area contributed by atoms with Crippen molar-refractivity contribution in [2.75, 3.05) is 25.5 Å². The lowest BCUT2D eigenvalue weighted by Gasteiger charge is -2.20. The van der Waals surface area contributed by atoms with Gasteiger partial charge in [0, 0.05) is 20.2 Å². The van der Waals surface area contributed by atoms with Crippen molar-refractivity contribution < 1.29 is 9.13 Å². The third-order valence-electron chi connectivity index (χ3n) is 2.90. The number of methoxy groups -OCH3 is 1. The van der Waals surface area contributed by atoms with Crippen molar-refractivity contribution in [2.45, 2.75) is 12.1 Å². The fourth-order valence-electron chi connectivity index (χ4n) is 1.98. The Balaban J connectivity index is 2.16. The summed E-state index contributed by atoms with van der Waals surface area (Å²) in [4.78, 5) is 0. The topological polar surface area (TPSA) is 57.1 Å². The number of nitriles is 1. The van der Waals surface area contributed by atoms with Gasteiger partial charge in [-0.3, -0.25) is 0 Å². The number of halogens is 1. The van der Waals surface area contributed by atoms with Crippen LogP contribution >= 0.6 is 0 Å². The van der Waals surface area contributed by atoms with Crippen LogP contribution in [0.4, 0.5) is 10.1 Å². The Kier molecular flexibility index (Phi) is 3.57. The van der Waals surface area contributed by atoms with E-state index in [-0.39, 0.29) is 12.1 Å². The molecular formula is C12H14FN3O. The Morgan fingerprint density at radius 1 is 1.53 bits per heavy atom. The normalized spacial score (nSPS) is 23.4. The number of hydrogen-bond donors (Lipinski definition) is 2. The van der Waals surface area contributed by atoms with E-state index in [1.165, 1.54) is 12.1 Å². The molecule has 0 spiro atoms. The summed E-state index contributed by atoms with van der Waals surface area (Å²) in [5.74, 6) is -0.403. The number of benzene rings is 1. The van der Waals surface area contributed by atoms with Gasteiger partial charge < -0.3 is 15.4 Å². The van der Waals surface area contributed by atoms with E-state index in [1.54, 1.807) is 13.2 Å². The molecular weight excluding hydrogens is 221 g/mol. The summed E-state index contributed by atoms with van der Waals surface area (Å²) >= 11 is 0. The van der Waals surface area contributed by atoms with Crippen LogP contribution in [0.15, 0.2) is 18.2 Å². The predicted molar refractivity (Wildman–Crippen MR) is 62.2 cm³/mol. The molecule has 0 aromatic heterocycles. The zero-order valence-electron chi connectivity index (χ0n) is 9.53. The first-order valence-corrected chi connectivity index (χ1v) is 5.44. The van der Waals surface area contributed by atoms with Crippen molar-refractivity contribution in [3.63, 3.8) is 0 Å². The zero-order chi connectivity index (χ0) is 12.3. The van der Waals surface area contributed by atoms with E-state index >= 15 is 0 Å². The van der Waals surface area contributed by atoms with Crippen molar-refractivity contribution in [1.82, 2.24) is 5.32 Å². The highest BCUT2D eigenvalue weighted by atomic mass is 19.1. The Labute approximate surface area is 99.4 Å². The van der Waals surface area contributed by atoms with E-state index in [0.717, 1.165) is 13.1 Å². The Hall–Kier alpha value is -1.64. The molecule has 4 nitrogen and oxygen atoms in total. The minimum Gasteiger partial charge on any atom is -0.378 e. The molecule has 1 aliphatic rings. The lowest BCUT2D eigenvalue weighted by molar-refractivity contribution is 0.111. The molecule has 1 unspecified atom stereocenters. The first-order chi connectivity index (χ1) is 8.24. The second-order valence-corrected chi connectivity index (χ2v) is 3.98. The SMILES string of the molecule is CO[C@H]1CNCC1Nc1ccc(F)cc1C#N. The lowest BCUT2D eigenvalue weighted by Crippen LogP contribution is -2.33. The molecule has 1 aromatic carbocycles. The van der Waals surface area contributed by atoms with Crippen LogP contribution in [0.2, 0.25) is 0 Å². The Bertz CT molecular complexity index is 444. The van der Waals surface area contributed by atoms with Gasteiger partial charge in [-0.25, -0.2) is 4.39 Å². The van der Waals surface area contributed by atoms with Gasteiger partial charge in [-0.15, -0.1) is 0 Å². The molecule has 1 heterocycles. The molecule has 0 amide bonds. The van der Waals surface area contributed by atoms with E-state index in [2.05, 4.69) is 10.6 Å². The van der Waals surface area contributed by atoms with Crippen LogP contribution < -0.4 is 10.6 Å². The monoisotopic (exact) mass is 235 g/mol. The maximum Gasteiger partial charge on any atom is 0.124 e. The predicted octanol–water partition coefficient (Wildman–Crippen LogP) is 1.10. The highest BCUT2D eigenvalue weighted by Crippen LogP contribution is 2.19. The molecule has 0 bridgehead atoms. The highest BCUT2D eigenvalue weighted by Gasteiger charge is 2.27. The molecule has 0 aliphatic carbocycles. The molecule has 2 N–H and O–H groups in total. The maximum atomic E-state index is 13.0. The molecule has 0 saturated carbocycles. The molecule has 17 heavy (non-hydrogen) atoms. The first-order valence-electron chi connectivity index (χ1n) is 5.44. The fraction of sp³-hybridized carbons (Fsp3) is 0.417. The van der Waals surface area contributed by atoms with Crippen LogP contribution in [0.5, 0.6) is 0 Å². The molecule has 5 heteroatoms. The van der Waals surface area contributed by atoms with E-state index < -0.39 is 5.82 Å². The maximum absolute atomic E-state index is 13.0. The Morgan fingerprint density at radius 3 is 3.06 bits per heavy atom. The lowest BCUT2D eigenvalue weighted by atomic mass is 10.1. The third kappa shape index (κ3) is 2.54. The van der Waals surface area contributed by atoms with Gasteiger partial charge in [0.25, 0.3) is 0 Å². The molecule has 1 aromatic rings. The third-order valence-corrected chi connectivity index (χ3v) is 2.90. The quantitative estimate of drug-likeness (QED) is 0.823. The van der Waals surface area contributed by atoms with Crippen molar-refractivity contribution in [2.24, 2.45) is 0 Å². The summed E-state index contributed by atoms with van der Waals surface area (Å²) in [5, 5.41) is 15.3. The van der Waals surface area contributed by atoms with E-state index in [1.807, 2.05) is 6.07 Å². The summed E-state index contributed by atoms with van der Waals surface area (Å²) in [7, 11) is 1.65. The molecule has 90 valence electrons. The standard InChI is InChI=1S/C12H14FN3O/c1-17-12-7-15-6-11(12)16-10-3-2-9(13)4-8(10)5-14/h2-4,11-12,15-16H,6-7H2,1H3/t11?,12-/m0/s1. The summed E-state index contributed by atoms with van der Waals surface area (Å²) in [6.45, 7) is 1.54. The number of ether oxygens (including phenoxy) is 1. The van der Waals surface area contributed by atoms with Gasteiger partial charge in [0.15, 0.2) is 0 Å². The first kappa shape index (κ1) is 11.8. The van der Waals surface area contributed by atoms with Crippen molar-refractivity contribution >= 4 is 5.69 Å². The molecule has 1 fully saturated rings. The van der Waals surface area contributed by atoms with E-state index in [0.29, 0.717) is 11.3 Å². The molecule has 1 saturated heterocycles. The number of rotatable bonds is 3. The van der Waals surface area contributed by atoms with Crippen molar-refractivity contribution in [1.29, 1.82) is 5.26 Å². The van der Waals surface area contributed by atoms with Gasteiger partial charge >= 0.3 is 0 Å². The van der Waals surface area contributed by atoms with Crippen LogP contribution in [0, 0.1) is 17.1 Å². The van der Waals surface area contributed by atoms with Gasteiger partial charge in [-0.05, 0) is 18.2 Å². The average Bonchev–Trinajstić information content (AvgIpc) is 2.78. The largest absolute Gasteiger partial charge is 0.378 e. The second-order valence-electron chi connectivity index (χ2n) is 3.98. The molecule has 2 atom stereocenters. The summed E-state index contributed by atoms with van der Waals surface area (Å²) in [5.41, 5.74) is 0.955. The summed E-state index contributed by atoms with van der Waals surface area (Å²) in [6, 6.07) is 6.23. The summed E-state index contributed by atoms with van der Waals surface area (Å²) < 4.78 is 18.3. The average molecular weight is 235 g/mol. The Morgan fingerprint density at radius 2 is 2.35 bits per heavy atom. The molecule has 0 radical (unpaired) electrons. The molecule has 1 aliphatic heterocycles. The van der Waals surface area contributed by atoms with Crippen molar-refractivity contribution in [3.8, 4) is 6.07 Å². The van der Waals surface area contributed by atoms with Gasteiger partial charge in [0.2, 0.25) is 0 Å². The van der Waals surface area contributed by atoms with Crippen LogP contribution in [0.25, 0.3) is 0 Å².